The number of aliphatic hydroxyl groups is 1. The van der Waals surface area contributed by atoms with Gasteiger partial charge in [-0.25, -0.2) is 0 Å². The van der Waals surface area contributed by atoms with E-state index >= 15 is 0 Å². The lowest BCUT2D eigenvalue weighted by Crippen LogP contribution is -2.35. The van der Waals surface area contributed by atoms with E-state index in [9.17, 15) is 18.3 Å². The van der Waals surface area contributed by atoms with Crippen molar-refractivity contribution < 1.29 is 36.7 Å². The lowest BCUT2D eigenvalue weighted by atomic mass is 10.2. The van der Waals surface area contributed by atoms with Gasteiger partial charge in [-0.15, -0.1) is 0 Å². The molecule has 1 atom stereocenters. The van der Waals surface area contributed by atoms with Gasteiger partial charge >= 0.3 is 10.1 Å². The highest BCUT2D eigenvalue weighted by molar-refractivity contribution is 7.87. The number of benzene rings is 3. The molecule has 0 bridgehead atoms. The van der Waals surface area contributed by atoms with Crippen LogP contribution in [0, 0.1) is 13.8 Å². The molecular formula is C25H25NO8S. The monoisotopic (exact) mass is 499 g/mol. The van der Waals surface area contributed by atoms with Gasteiger partial charge in [0.1, 0.15) is 29.1 Å². The minimum absolute atomic E-state index is 0.0388. The fourth-order valence-corrected chi connectivity index (χ4v) is 4.59. The molecule has 1 heterocycles. The Balaban J connectivity index is 1.28. The summed E-state index contributed by atoms with van der Waals surface area (Å²) in [5.41, 5.74) is 1.66. The van der Waals surface area contributed by atoms with Crippen LogP contribution in [-0.2, 0) is 10.1 Å². The largest absolute Gasteiger partial charge is 0.491 e. The SMILES string of the molecule is Cc1ccc(C)c(S(=O)(=O)Oc2ccc(C(=O)NCC(O)COc3ccc4c(c3)OCO4)cc2)c1. The van der Waals surface area contributed by atoms with E-state index in [2.05, 4.69) is 5.32 Å². The Hall–Kier alpha value is -3.76. The molecule has 1 aliphatic heterocycles. The number of ether oxygens (including phenoxy) is 3. The number of aliphatic hydroxyl groups excluding tert-OH is 1. The summed E-state index contributed by atoms with van der Waals surface area (Å²) < 4.78 is 46.5. The molecule has 0 radical (unpaired) electrons. The molecule has 10 heteroatoms. The summed E-state index contributed by atoms with van der Waals surface area (Å²) in [4.78, 5) is 12.5. The molecule has 35 heavy (non-hydrogen) atoms. The summed E-state index contributed by atoms with van der Waals surface area (Å²) in [7, 11) is -4.02. The molecule has 0 aromatic heterocycles. The van der Waals surface area contributed by atoms with Crippen LogP contribution < -0.4 is 23.7 Å². The fourth-order valence-electron chi connectivity index (χ4n) is 3.34. The van der Waals surface area contributed by atoms with Gasteiger partial charge in [0.05, 0.1) is 0 Å². The predicted molar refractivity (Wildman–Crippen MR) is 127 cm³/mol. The standard InChI is InChI=1S/C25H25NO8S/c1-16-3-4-17(2)24(11-16)35(29,30)34-20-7-5-18(6-8-20)25(28)26-13-19(27)14-31-21-9-10-22-23(12-21)33-15-32-22/h3-12,19,27H,13-15H2,1-2H3,(H,26,28). The molecule has 0 spiro atoms. The lowest BCUT2D eigenvalue weighted by Gasteiger charge is -2.14. The number of amides is 1. The normalized spacial score (nSPS) is 13.2. The van der Waals surface area contributed by atoms with Crippen molar-refractivity contribution in [3.63, 3.8) is 0 Å². The first-order chi connectivity index (χ1) is 16.7. The highest BCUT2D eigenvalue weighted by atomic mass is 32.2. The number of carbonyl (C=O) groups excluding carboxylic acids is 1. The predicted octanol–water partition coefficient (Wildman–Crippen LogP) is 2.97. The quantitative estimate of drug-likeness (QED) is 0.431. The number of carbonyl (C=O) groups is 1. The van der Waals surface area contributed by atoms with Crippen LogP contribution in [0.5, 0.6) is 23.0 Å². The number of fused-ring (bicyclic) bond motifs is 1. The van der Waals surface area contributed by atoms with Crippen molar-refractivity contribution in [3.05, 3.63) is 77.4 Å². The van der Waals surface area contributed by atoms with Crippen molar-refractivity contribution in [1.29, 1.82) is 0 Å². The van der Waals surface area contributed by atoms with Crippen molar-refractivity contribution in [2.75, 3.05) is 19.9 Å². The molecular weight excluding hydrogens is 474 g/mol. The second-order valence-electron chi connectivity index (χ2n) is 8.02. The average molecular weight is 500 g/mol. The van der Waals surface area contributed by atoms with E-state index in [4.69, 9.17) is 18.4 Å². The van der Waals surface area contributed by atoms with Crippen molar-refractivity contribution in [1.82, 2.24) is 5.32 Å². The van der Waals surface area contributed by atoms with Crippen LogP contribution in [0.2, 0.25) is 0 Å². The van der Waals surface area contributed by atoms with E-state index in [1.165, 1.54) is 24.3 Å². The Kier molecular flexibility index (Phi) is 7.13. The van der Waals surface area contributed by atoms with Crippen molar-refractivity contribution in [3.8, 4) is 23.0 Å². The second kappa shape index (κ2) is 10.2. The van der Waals surface area contributed by atoms with Crippen LogP contribution in [0.25, 0.3) is 0 Å². The molecule has 3 aromatic rings. The third kappa shape index (κ3) is 6.03. The van der Waals surface area contributed by atoms with Gasteiger partial charge in [0.2, 0.25) is 6.79 Å². The van der Waals surface area contributed by atoms with Crippen LogP contribution in [0.3, 0.4) is 0 Å². The number of hydrogen-bond donors (Lipinski definition) is 2. The van der Waals surface area contributed by atoms with Gasteiger partial charge in [-0.2, -0.15) is 8.42 Å². The molecule has 1 amide bonds. The van der Waals surface area contributed by atoms with E-state index in [0.717, 1.165) is 5.56 Å². The Morgan fingerprint density at radius 1 is 1.00 bits per heavy atom. The average Bonchev–Trinajstić information content (AvgIpc) is 3.31. The van der Waals surface area contributed by atoms with Crippen LogP contribution in [-0.4, -0.2) is 45.5 Å². The zero-order valence-electron chi connectivity index (χ0n) is 19.2. The van der Waals surface area contributed by atoms with E-state index in [1.54, 1.807) is 44.2 Å². The van der Waals surface area contributed by atoms with Gasteiger partial charge in [-0.05, 0) is 67.4 Å². The zero-order valence-corrected chi connectivity index (χ0v) is 20.0. The minimum atomic E-state index is -4.02. The summed E-state index contributed by atoms with van der Waals surface area (Å²) in [6.45, 7) is 3.57. The number of hydrogen-bond acceptors (Lipinski definition) is 8. The topological polar surface area (TPSA) is 120 Å². The molecule has 0 aliphatic carbocycles. The molecule has 4 rings (SSSR count). The number of aryl methyl sites for hydroxylation is 2. The van der Waals surface area contributed by atoms with Gasteiger partial charge in [-0.1, -0.05) is 12.1 Å². The highest BCUT2D eigenvalue weighted by Crippen LogP contribution is 2.35. The first kappa shape index (κ1) is 24.4. The molecule has 1 aliphatic rings. The minimum Gasteiger partial charge on any atom is -0.491 e. The summed E-state index contributed by atoms with van der Waals surface area (Å²) in [5.74, 6) is 1.35. The van der Waals surface area contributed by atoms with E-state index < -0.39 is 22.1 Å². The molecule has 3 aromatic carbocycles. The van der Waals surface area contributed by atoms with Crippen LogP contribution in [0.15, 0.2) is 65.6 Å². The molecule has 0 fully saturated rings. The third-order valence-corrected chi connectivity index (χ3v) is 6.61. The number of nitrogens with one attached hydrogen (secondary N) is 1. The molecule has 184 valence electrons. The summed E-state index contributed by atoms with van der Waals surface area (Å²) in [5, 5.41) is 12.8. The maximum absolute atomic E-state index is 12.6. The van der Waals surface area contributed by atoms with E-state index in [-0.39, 0.29) is 36.2 Å². The van der Waals surface area contributed by atoms with Gasteiger partial charge in [-0.3, -0.25) is 4.79 Å². The van der Waals surface area contributed by atoms with Gasteiger partial charge in [0.15, 0.2) is 11.5 Å². The summed E-state index contributed by atoms with van der Waals surface area (Å²) in [6, 6.07) is 15.8. The Labute approximate surface area is 203 Å². The zero-order chi connectivity index (χ0) is 25.0. The van der Waals surface area contributed by atoms with Crippen molar-refractivity contribution in [2.45, 2.75) is 24.8 Å². The Morgan fingerprint density at radius 2 is 1.71 bits per heavy atom. The molecule has 9 nitrogen and oxygen atoms in total. The number of rotatable bonds is 9. The van der Waals surface area contributed by atoms with Crippen LogP contribution in [0.1, 0.15) is 21.5 Å². The summed E-state index contributed by atoms with van der Waals surface area (Å²) in [6.07, 6.45) is -0.949. The molecule has 0 saturated carbocycles. The van der Waals surface area contributed by atoms with Crippen molar-refractivity contribution >= 4 is 16.0 Å². The Morgan fingerprint density at radius 3 is 2.49 bits per heavy atom. The fraction of sp³-hybridized carbons (Fsp3) is 0.240. The van der Waals surface area contributed by atoms with Gasteiger partial charge in [0, 0.05) is 18.2 Å². The lowest BCUT2D eigenvalue weighted by molar-refractivity contribution is 0.0843. The second-order valence-corrected chi connectivity index (χ2v) is 9.54. The van der Waals surface area contributed by atoms with Crippen LogP contribution >= 0.6 is 0 Å². The molecule has 0 saturated heterocycles. The summed E-state index contributed by atoms with van der Waals surface area (Å²) >= 11 is 0. The van der Waals surface area contributed by atoms with E-state index in [0.29, 0.717) is 22.8 Å². The van der Waals surface area contributed by atoms with Gasteiger partial charge < -0.3 is 28.8 Å². The Bertz CT molecular complexity index is 1320. The first-order valence-electron chi connectivity index (χ1n) is 10.8. The van der Waals surface area contributed by atoms with Gasteiger partial charge in [0.25, 0.3) is 5.91 Å². The molecule has 2 N–H and O–H groups in total. The van der Waals surface area contributed by atoms with Crippen LogP contribution in [0.4, 0.5) is 0 Å². The third-order valence-electron chi connectivity index (χ3n) is 5.22. The molecule has 1 unspecified atom stereocenters. The highest BCUT2D eigenvalue weighted by Gasteiger charge is 2.20. The smallest absolute Gasteiger partial charge is 0.339 e. The van der Waals surface area contributed by atoms with Crippen molar-refractivity contribution in [2.24, 2.45) is 0 Å². The first-order valence-corrected chi connectivity index (χ1v) is 12.2. The maximum Gasteiger partial charge on any atom is 0.339 e. The van der Waals surface area contributed by atoms with E-state index in [1.807, 2.05) is 6.07 Å². The maximum atomic E-state index is 12.6.